The highest BCUT2D eigenvalue weighted by Gasteiger charge is 2.12. The van der Waals surface area contributed by atoms with Gasteiger partial charge in [-0.2, -0.15) is 0 Å². The molecular weight excluding hydrogens is 150 g/mol. The lowest BCUT2D eigenvalue weighted by atomic mass is 10.0. The largest absolute Gasteiger partial charge is 0.311 e. The molecule has 0 aromatic carbocycles. The van der Waals surface area contributed by atoms with Crippen LogP contribution in [0.1, 0.15) is 41.0 Å². The summed E-state index contributed by atoms with van der Waals surface area (Å²) in [6.45, 7) is 9.87. The van der Waals surface area contributed by atoms with Crippen molar-refractivity contribution in [3.05, 3.63) is 0 Å². The Morgan fingerprint density at radius 1 is 1.33 bits per heavy atom. The Kier molecular flexibility index (Phi) is 10.3. The Bertz CT molecular complexity index is 110. The van der Waals surface area contributed by atoms with Gasteiger partial charge in [-0.1, -0.05) is 27.7 Å². The van der Waals surface area contributed by atoms with E-state index in [1.807, 2.05) is 20.9 Å². The van der Waals surface area contributed by atoms with Crippen LogP contribution in [0, 0.1) is 5.92 Å². The molecule has 12 heavy (non-hydrogen) atoms. The molecule has 0 rings (SSSR count). The predicted molar refractivity (Wildman–Crippen MR) is 54.3 cm³/mol. The monoisotopic (exact) mass is 173 g/mol. The van der Waals surface area contributed by atoms with Crippen molar-refractivity contribution >= 4 is 5.78 Å². The average Bonchev–Trinajstić information content (AvgIpc) is 2.03. The van der Waals surface area contributed by atoms with E-state index in [9.17, 15) is 4.79 Å². The van der Waals surface area contributed by atoms with Crippen LogP contribution in [-0.4, -0.2) is 18.9 Å². The summed E-state index contributed by atoms with van der Waals surface area (Å²) in [5.41, 5.74) is 0. The molecule has 0 bridgehead atoms. The molecule has 0 fully saturated rings. The molecule has 0 unspecified atom stereocenters. The maximum atomic E-state index is 10.8. The van der Waals surface area contributed by atoms with Crippen LogP contribution in [0.25, 0.3) is 0 Å². The molecule has 0 aliphatic carbocycles. The van der Waals surface area contributed by atoms with Gasteiger partial charge in [0.2, 0.25) is 0 Å². The number of carbonyl (C=O) groups excluding carboxylic acids is 1. The molecule has 0 saturated heterocycles. The Morgan fingerprint density at radius 2 is 1.75 bits per heavy atom. The summed E-state index contributed by atoms with van der Waals surface area (Å²) < 4.78 is 0. The van der Waals surface area contributed by atoms with Crippen LogP contribution in [0.15, 0.2) is 0 Å². The second kappa shape index (κ2) is 8.72. The highest BCUT2D eigenvalue weighted by molar-refractivity contribution is 5.81. The van der Waals surface area contributed by atoms with E-state index in [-0.39, 0.29) is 11.8 Å². The van der Waals surface area contributed by atoms with E-state index in [0.29, 0.717) is 5.92 Å². The number of nitrogens with one attached hydrogen (secondary N) is 1. The van der Waals surface area contributed by atoms with Crippen LogP contribution < -0.4 is 5.32 Å². The molecule has 0 heterocycles. The summed E-state index contributed by atoms with van der Waals surface area (Å²) >= 11 is 0. The third kappa shape index (κ3) is 7.73. The number of ketones is 1. The van der Waals surface area contributed by atoms with Gasteiger partial charge >= 0.3 is 0 Å². The number of carbonyl (C=O) groups is 1. The van der Waals surface area contributed by atoms with Gasteiger partial charge in [-0.3, -0.25) is 4.79 Å². The van der Waals surface area contributed by atoms with E-state index in [2.05, 4.69) is 19.2 Å². The first kappa shape index (κ1) is 14.2. The van der Waals surface area contributed by atoms with Gasteiger partial charge in [-0.05, 0) is 26.3 Å². The smallest absolute Gasteiger partial charge is 0.146 e. The van der Waals surface area contributed by atoms with Gasteiger partial charge in [0, 0.05) is 0 Å². The Balaban J connectivity index is 0. The lowest BCUT2D eigenvalue weighted by molar-refractivity contribution is -0.119. The SMILES string of the molecule is CC.CN[C@@H](CC(C)C)C(C)=O. The Hall–Kier alpha value is -0.370. The zero-order chi connectivity index (χ0) is 10.1. The van der Waals surface area contributed by atoms with E-state index < -0.39 is 0 Å². The molecule has 0 amide bonds. The first-order chi connectivity index (χ1) is 5.57. The lowest BCUT2D eigenvalue weighted by Gasteiger charge is -2.14. The summed E-state index contributed by atoms with van der Waals surface area (Å²) in [5.74, 6) is 0.817. The average molecular weight is 173 g/mol. The quantitative estimate of drug-likeness (QED) is 0.706. The van der Waals surface area contributed by atoms with Crippen molar-refractivity contribution in [2.24, 2.45) is 5.92 Å². The van der Waals surface area contributed by atoms with Gasteiger partial charge in [0.1, 0.15) is 5.78 Å². The van der Waals surface area contributed by atoms with Crippen molar-refractivity contribution in [2.45, 2.75) is 47.1 Å². The first-order valence-electron chi connectivity index (χ1n) is 4.75. The molecule has 0 aromatic heterocycles. The molecule has 0 saturated carbocycles. The zero-order valence-electron chi connectivity index (χ0n) is 9.27. The summed E-state index contributed by atoms with van der Waals surface area (Å²) in [6, 6.07) is 0.0556. The van der Waals surface area contributed by atoms with Crippen LogP contribution in [0.2, 0.25) is 0 Å². The van der Waals surface area contributed by atoms with E-state index in [4.69, 9.17) is 0 Å². The highest BCUT2D eigenvalue weighted by atomic mass is 16.1. The zero-order valence-corrected chi connectivity index (χ0v) is 9.27. The fraction of sp³-hybridized carbons (Fsp3) is 0.900. The molecule has 0 aliphatic heterocycles. The molecule has 0 spiro atoms. The normalized spacial score (nSPS) is 11.9. The minimum Gasteiger partial charge on any atom is -0.311 e. The summed E-state index contributed by atoms with van der Waals surface area (Å²) in [7, 11) is 1.83. The third-order valence-corrected chi connectivity index (χ3v) is 1.55. The molecule has 74 valence electrons. The number of Topliss-reactive ketones (excluding diaryl/α,β-unsaturated/α-hetero) is 1. The second-order valence-electron chi connectivity index (χ2n) is 3.08. The van der Waals surface area contributed by atoms with Crippen molar-refractivity contribution in [1.29, 1.82) is 0 Å². The summed E-state index contributed by atoms with van der Waals surface area (Å²) in [4.78, 5) is 10.8. The van der Waals surface area contributed by atoms with Crippen molar-refractivity contribution in [3.8, 4) is 0 Å². The third-order valence-electron chi connectivity index (χ3n) is 1.55. The van der Waals surface area contributed by atoms with Crippen LogP contribution in [-0.2, 0) is 4.79 Å². The van der Waals surface area contributed by atoms with Crippen molar-refractivity contribution in [2.75, 3.05) is 7.05 Å². The fourth-order valence-electron chi connectivity index (χ4n) is 0.958. The number of rotatable bonds is 4. The molecule has 1 atom stereocenters. The van der Waals surface area contributed by atoms with E-state index >= 15 is 0 Å². The topological polar surface area (TPSA) is 29.1 Å². The van der Waals surface area contributed by atoms with Gasteiger partial charge in [0.05, 0.1) is 6.04 Å². The van der Waals surface area contributed by atoms with Gasteiger partial charge in [0.15, 0.2) is 0 Å². The maximum absolute atomic E-state index is 10.8. The van der Waals surface area contributed by atoms with Crippen LogP contribution in [0.3, 0.4) is 0 Å². The van der Waals surface area contributed by atoms with Crippen molar-refractivity contribution in [1.82, 2.24) is 5.32 Å². The number of hydrogen-bond acceptors (Lipinski definition) is 2. The highest BCUT2D eigenvalue weighted by Crippen LogP contribution is 2.04. The van der Waals surface area contributed by atoms with Crippen molar-refractivity contribution in [3.63, 3.8) is 0 Å². The van der Waals surface area contributed by atoms with Crippen LogP contribution in [0.4, 0.5) is 0 Å². The van der Waals surface area contributed by atoms with E-state index in [1.165, 1.54) is 0 Å². The minimum atomic E-state index is 0.0556. The standard InChI is InChI=1S/C8H17NO.C2H6/c1-6(2)5-8(9-4)7(3)10;1-2/h6,8-9H,5H2,1-4H3;1-2H3/t8-;/m0./s1. The molecule has 1 N–H and O–H groups in total. The lowest BCUT2D eigenvalue weighted by Crippen LogP contribution is -2.33. The van der Waals surface area contributed by atoms with Gasteiger partial charge < -0.3 is 5.32 Å². The fourth-order valence-corrected chi connectivity index (χ4v) is 0.958. The minimum absolute atomic E-state index is 0.0556. The Morgan fingerprint density at radius 3 is 1.83 bits per heavy atom. The second-order valence-corrected chi connectivity index (χ2v) is 3.08. The molecule has 2 nitrogen and oxygen atoms in total. The van der Waals surface area contributed by atoms with Crippen LogP contribution in [0.5, 0.6) is 0 Å². The molecule has 0 aromatic rings. The van der Waals surface area contributed by atoms with Gasteiger partial charge in [-0.25, -0.2) is 0 Å². The molecular formula is C10H23NO. The van der Waals surface area contributed by atoms with E-state index in [0.717, 1.165) is 6.42 Å². The summed E-state index contributed by atoms with van der Waals surface area (Å²) in [6.07, 6.45) is 0.936. The molecule has 0 aliphatic rings. The summed E-state index contributed by atoms with van der Waals surface area (Å²) in [5, 5.41) is 2.98. The van der Waals surface area contributed by atoms with Gasteiger partial charge in [-0.15, -0.1) is 0 Å². The maximum Gasteiger partial charge on any atom is 0.146 e. The van der Waals surface area contributed by atoms with Crippen LogP contribution >= 0.6 is 0 Å². The van der Waals surface area contributed by atoms with Gasteiger partial charge in [0.25, 0.3) is 0 Å². The predicted octanol–water partition coefficient (Wildman–Crippen LogP) is 2.24. The van der Waals surface area contributed by atoms with Crippen molar-refractivity contribution < 1.29 is 4.79 Å². The number of hydrogen-bond donors (Lipinski definition) is 1. The van der Waals surface area contributed by atoms with E-state index in [1.54, 1.807) is 6.92 Å². The molecule has 0 radical (unpaired) electrons. The number of likely N-dealkylation sites (N-methyl/N-ethyl adjacent to an activating group) is 1. The Labute approximate surface area is 76.7 Å². The first-order valence-corrected chi connectivity index (χ1v) is 4.75. The molecule has 2 heteroatoms.